The predicted octanol–water partition coefficient (Wildman–Crippen LogP) is 5.11. The van der Waals surface area contributed by atoms with Crippen molar-refractivity contribution in [1.82, 2.24) is 0 Å². The maximum atomic E-state index is 5.85. The number of halogens is 2. The van der Waals surface area contributed by atoms with E-state index in [0.717, 1.165) is 10.0 Å². The molecule has 0 radical (unpaired) electrons. The lowest BCUT2D eigenvalue weighted by molar-refractivity contribution is 1.40. The lowest BCUT2D eigenvalue weighted by Gasteiger charge is -2.07. The van der Waals surface area contributed by atoms with Crippen molar-refractivity contribution in [3.63, 3.8) is 0 Å². The van der Waals surface area contributed by atoms with Crippen LogP contribution in [0.5, 0.6) is 0 Å². The van der Waals surface area contributed by atoms with Crippen LogP contribution >= 0.6 is 33.7 Å². The van der Waals surface area contributed by atoms with Crippen LogP contribution in [-0.2, 0) is 0 Å². The SMILES string of the molecule is C=S(c1ccc(Cl)cc1)c1ccc(Cl)cc1. The number of rotatable bonds is 2. The molecule has 0 aromatic heterocycles. The third-order valence-electron chi connectivity index (χ3n) is 2.20. The summed E-state index contributed by atoms with van der Waals surface area (Å²) >= 11 is 11.7. The average molecular weight is 269 g/mol. The van der Waals surface area contributed by atoms with Gasteiger partial charge >= 0.3 is 0 Å². The smallest absolute Gasteiger partial charge is 0.0406 e. The van der Waals surface area contributed by atoms with E-state index in [9.17, 15) is 0 Å². The summed E-state index contributed by atoms with van der Waals surface area (Å²) in [6.45, 7) is 0. The van der Waals surface area contributed by atoms with E-state index in [1.54, 1.807) is 0 Å². The van der Waals surface area contributed by atoms with Crippen molar-refractivity contribution in [3.8, 4) is 0 Å². The van der Waals surface area contributed by atoms with Crippen molar-refractivity contribution in [1.29, 1.82) is 0 Å². The van der Waals surface area contributed by atoms with Crippen LogP contribution in [-0.4, -0.2) is 5.87 Å². The van der Waals surface area contributed by atoms with Gasteiger partial charge in [-0.2, -0.15) is 0 Å². The van der Waals surface area contributed by atoms with E-state index < -0.39 is 0 Å². The Hall–Kier alpha value is -0.760. The minimum atomic E-state index is -0.181. The van der Waals surface area contributed by atoms with Crippen LogP contribution in [0, 0.1) is 0 Å². The van der Waals surface area contributed by atoms with Crippen molar-refractivity contribution >= 4 is 39.6 Å². The molecule has 2 aromatic rings. The Morgan fingerprint density at radius 2 is 1.00 bits per heavy atom. The van der Waals surface area contributed by atoms with Crippen LogP contribution in [0.25, 0.3) is 0 Å². The second-order valence-electron chi connectivity index (χ2n) is 3.30. The minimum absolute atomic E-state index is 0.181. The zero-order valence-electron chi connectivity index (χ0n) is 8.49. The first-order valence-corrected chi connectivity index (χ1v) is 6.87. The Morgan fingerprint density at radius 3 is 1.31 bits per heavy atom. The molecule has 16 heavy (non-hydrogen) atoms. The molecule has 0 spiro atoms. The fraction of sp³-hybridized carbons (Fsp3) is 0. The van der Waals surface area contributed by atoms with Gasteiger partial charge in [0.15, 0.2) is 0 Å². The normalized spacial score (nSPS) is 10.7. The van der Waals surface area contributed by atoms with Gasteiger partial charge in [-0.3, -0.25) is 0 Å². The minimum Gasteiger partial charge on any atom is -0.131 e. The quantitative estimate of drug-likeness (QED) is 0.664. The highest BCUT2D eigenvalue weighted by atomic mass is 35.5. The highest BCUT2D eigenvalue weighted by Gasteiger charge is 2.00. The Kier molecular flexibility index (Phi) is 3.70. The van der Waals surface area contributed by atoms with E-state index in [0.29, 0.717) is 0 Å². The van der Waals surface area contributed by atoms with E-state index in [4.69, 9.17) is 23.2 Å². The summed E-state index contributed by atoms with van der Waals surface area (Å²) in [7, 11) is -0.181. The molecule has 0 bridgehead atoms. The highest BCUT2D eigenvalue weighted by Crippen LogP contribution is 2.34. The summed E-state index contributed by atoms with van der Waals surface area (Å²) in [5.41, 5.74) is 0. The summed E-state index contributed by atoms with van der Waals surface area (Å²) in [6, 6.07) is 15.6. The van der Waals surface area contributed by atoms with Gasteiger partial charge in [-0.05, 0) is 48.5 Å². The van der Waals surface area contributed by atoms with Crippen molar-refractivity contribution in [3.05, 3.63) is 58.6 Å². The van der Waals surface area contributed by atoms with E-state index in [2.05, 4.69) is 5.87 Å². The number of hydrogen-bond donors (Lipinski definition) is 0. The maximum Gasteiger partial charge on any atom is 0.0406 e. The molecule has 0 heterocycles. The van der Waals surface area contributed by atoms with Gasteiger partial charge in [0.25, 0.3) is 0 Å². The zero-order chi connectivity index (χ0) is 11.5. The van der Waals surface area contributed by atoms with Gasteiger partial charge < -0.3 is 0 Å². The number of hydrogen-bond acceptors (Lipinski definition) is 0. The van der Waals surface area contributed by atoms with Gasteiger partial charge in [0.2, 0.25) is 0 Å². The van der Waals surface area contributed by atoms with Gasteiger partial charge in [0, 0.05) is 19.8 Å². The average Bonchev–Trinajstić information content (AvgIpc) is 2.30. The van der Waals surface area contributed by atoms with Crippen LogP contribution in [0.2, 0.25) is 10.0 Å². The van der Waals surface area contributed by atoms with Crippen LogP contribution in [0.4, 0.5) is 0 Å². The van der Waals surface area contributed by atoms with Crippen LogP contribution in [0.15, 0.2) is 58.3 Å². The van der Waals surface area contributed by atoms with E-state index in [1.807, 2.05) is 48.5 Å². The van der Waals surface area contributed by atoms with Gasteiger partial charge in [0.05, 0.1) is 0 Å². The maximum absolute atomic E-state index is 5.85. The molecule has 2 aromatic carbocycles. The molecule has 0 N–H and O–H groups in total. The van der Waals surface area contributed by atoms with Crippen molar-refractivity contribution in [2.24, 2.45) is 0 Å². The molecule has 82 valence electrons. The van der Waals surface area contributed by atoms with Gasteiger partial charge in [0.1, 0.15) is 0 Å². The van der Waals surface area contributed by atoms with E-state index >= 15 is 0 Å². The van der Waals surface area contributed by atoms with Crippen molar-refractivity contribution < 1.29 is 0 Å². The topological polar surface area (TPSA) is 0 Å². The third-order valence-corrected chi connectivity index (χ3v) is 4.38. The predicted molar refractivity (Wildman–Crippen MR) is 74.1 cm³/mol. The summed E-state index contributed by atoms with van der Waals surface area (Å²) in [5, 5.41) is 1.49. The molecule has 0 aliphatic heterocycles. The van der Waals surface area contributed by atoms with Gasteiger partial charge in [-0.1, -0.05) is 29.1 Å². The molecule has 0 amide bonds. The molecule has 0 aliphatic carbocycles. The summed E-state index contributed by atoms with van der Waals surface area (Å²) in [4.78, 5) is 2.35. The van der Waals surface area contributed by atoms with Gasteiger partial charge in [-0.25, -0.2) is 0 Å². The third kappa shape index (κ3) is 2.67. The highest BCUT2D eigenvalue weighted by molar-refractivity contribution is 8.14. The fourth-order valence-electron chi connectivity index (χ4n) is 1.33. The van der Waals surface area contributed by atoms with E-state index in [-0.39, 0.29) is 10.5 Å². The molecule has 0 atom stereocenters. The largest absolute Gasteiger partial charge is 0.131 e. The molecular weight excluding hydrogens is 259 g/mol. The molecule has 0 saturated carbocycles. The fourth-order valence-corrected chi connectivity index (χ4v) is 2.79. The molecule has 0 unspecified atom stereocenters. The second-order valence-corrected chi connectivity index (χ2v) is 5.90. The van der Waals surface area contributed by atoms with Crippen molar-refractivity contribution in [2.75, 3.05) is 0 Å². The lowest BCUT2D eigenvalue weighted by atomic mass is 10.4. The van der Waals surface area contributed by atoms with Crippen molar-refractivity contribution in [2.45, 2.75) is 9.79 Å². The Morgan fingerprint density at radius 1 is 0.688 bits per heavy atom. The summed E-state index contributed by atoms with van der Waals surface area (Å²) < 4.78 is 0. The summed E-state index contributed by atoms with van der Waals surface area (Å²) in [6.07, 6.45) is 0. The van der Waals surface area contributed by atoms with Crippen LogP contribution in [0.1, 0.15) is 0 Å². The lowest BCUT2D eigenvalue weighted by Crippen LogP contribution is -1.77. The second kappa shape index (κ2) is 5.05. The molecular formula is C13H10Cl2S. The summed E-state index contributed by atoms with van der Waals surface area (Å²) in [5.74, 6) is 4.18. The Labute approximate surface area is 108 Å². The molecule has 0 saturated heterocycles. The Bertz CT molecular complexity index is 453. The molecule has 0 nitrogen and oxygen atoms in total. The van der Waals surface area contributed by atoms with Crippen LogP contribution in [0.3, 0.4) is 0 Å². The zero-order valence-corrected chi connectivity index (χ0v) is 10.8. The Balaban J connectivity index is 2.32. The molecule has 0 aliphatic rings. The molecule has 2 rings (SSSR count). The first-order valence-electron chi connectivity index (χ1n) is 4.72. The van der Waals surface area contributed by atoms with E-state index in [1.165, 1.54) is 9.79 Å². The van der Waals surface area contributed by atoms with Crippen LogP contribution < -0.4 is 0 Å². The van der Waals surface area contributed by atoms with Gasteiger partial charge in [-0.15, -0.1) is 10.5 Å². The first kappa shape index (κ1) is 11.7. The molecule has 3 heteroatoms. The molecule has 0 fully saturated rings. The number of benzene rings is 2. The first-order chi connectivity index (χ1) is 7.66. The monoisotopic (exact) mass is 268 g/mol. The standard InChI is InChI=1S/C13H10Cl2S/c1-16(12-6-2-10(14)3-7-12)13-8-4-11(15)5-9-13/h2-9H,1H2.